The maximum atomic E-state index is 14.2. The number of fused-ring (bicyclic) bond motifs is 1. The Hall–Kier alpha value is -3.22. The standard InChI is InChI=1S/C18H16FN5O/c1-25-16-7-6-12(10-21-16)22-17-18-20-8-9-24(18)11-15(23-17)13-4-2-3-5-14(13)19/h2-10,17,22H,11H2,1H3. The van der Waals surface area contributed by atoms with E-state index in [0.29, 0.717) is 23.7 Å². The average molecular weight is 337 g/mol. The third-order valence-corrected chi connectivity index (χ3v) is 4.03. The van der Waals surface area contributed by atoms with E-state index in [0.717, 1.165) is 11.5 Å². The molecule has 0 amide bonds. The quantitative estimate of drug-likeness (QED) is 0.795. The summed E-state index contributed by atoms with van der Waals surface area (Å²) in [5.74, 6) is 1.02. The Morgan fingerprint density at radius 1 is 1.20 bits per heavy atom. The molecule has 7 heteroatoms. The van der Waals surface area contributed by atoms with Crippen molar-refractivity contribution in [1.82, 2.24) is 14.5 Å². The van der Waals surface area contributed by atoms with Crippen LogP contribution in [0.1, 0.15) is 17.6 Å². The summed E-state index contributed by atoms with van der Waals surface area (Å²) in [6, 6.07) is 10.3. The summed E-state index contributed by atoms with van der Waals surface area (Å²) in [5, 5.41) is 3.28. The molecule has 0 bridgehead atoms. The minimum absolute atomic E-state index is 0.283. The van der Waals surface area contributed by atoms with Crippen molar-refractivity contribution in [3.05, 3.63) is 72.2 Å². The number of nitrogens with one attached hydrogen (secondary N) is 1. The van der Waals surface area contributed by atoms with Crippen molar-refractivity contribution < 1.29 is 9.13 Å². The minimum atomic E-state index is -0.423. The van der Waals surface area contributed by atoms with Gasteiger partial charge in [0, 0.05) is 24.0 Å². The number of aliphatic imine (C=N–C) groups is 1. The number of hydrogen-bond acceptors (Lipinski definition) is 5. The van der Waals surface area contributed by atoms with Gasteiger partial charge in [0.25, 0.3) is 0 Å². The monoisotopic (exact) mass is 337 g/mol. The second-order valence-electron chi connectivity index (χ2n) is 5.61. The Kier molecular flexibility index (Phi) is 3.89. The van der Waals surface area contributed by atoms with Gasteiger partial charge in [0.05, 0.1) is 31.3 Å². The number of anilines is 1. The van der Waals surface area contributed by atoms with Gasteiger partial charge in [-0.1, -0.05) is 18.2 Å². The first kappa shape index (κ1) is 15.3. The van der Waals surface area contributed by atoms with Crippen LogP contribution in [0.25, 0.3) is 0 Å². The molecule has 3 aromatic rings. The normalized spacial score (nSPS) is 16.1. The van der Waals surface area contributed by atoms with Gasteiger partial charge in [0.15, 0.2) is 12.0 Å². The Balaban J connectivity index is 1.68. The van der Waals surface area contributed by atoms with E-state index in [1.807, 2.05) is 16.8 Å². The fraction of sp³-hybridized carbons (Fsp3) is 0.167. The molecule has 6 nitrogen and oxygen atoms in total. The molecule has 2 aromatic heterocycles. The van der Waals surface area contributed by atoms with Gasteiger partial charge in [0.1, 0.15) is 5.82 Å². The summed E-state index contributed by atoms with van der Waals surface area (Å²) >= 11 is 0. The average Bonchev–Trinajstić information content (AvgIpc) is 3.11. The number of benzene rings is 1. The number of aromatic nitrogens is 3. The molecular formula is C18H16FN5O. The zero-order valence-electron chi connectivity index (χ0n) is 13.6. The van der Waals surface area contributed by atoms with E-state index in [-0.39, 0.29) is 5.82 Å². The molecule has 1 aromatic carbocycles. The van der Waals surface area contributed by atoms with E-state index in [1.54, 1.807) is 43.8 Å². The van der Waals surface area contributed by atoms with E-state index >= 15 is 0 Å². The van der Waals surface area contributed by atoms with Crippen LogP contribution >= 0.6 is 0 Å². The Morgan fingerprint density at radius 3 is 2.84 bits per heavy atom. The summed E-state index contributed by atoms with van der Waals surface area (Å²) in [4.78, 5) is 13.2. The lowest BCUT2D eigenvalue weighted by Crippen LogP contribution is -2.26. The first-order valence-corrected chi connectivity index (χ1v) is 7.84. The van der Waals surface area contributed by atoms with E-state index < -0.39 is 6.17 Å². The number of hydrogen-bond donors (Lipinski definition) is 1. The van der Waals surface area contributed by atoms with Crippen LogP contribution < -0.4 is 10.1 Å². The third kappa shape index (κ3) is 2.96. The van der Waals surface area contributed by atoms with Crippen molar-refractivity contribution in [2.45, 2.75) is 12.7 Å². The van der Waals surface area contributed by atoms with Crippen LogP contribution in [0.15, 0.2) is 60.0 Å². The van der Waals surface area contributed by atoms with Crippen LogP contribution in [0, 0.1) is 5.82 Å². The molecule has 0 spiro atoms. The van der Waals surface area contributed by atoms with Crippen LogP contribution in [0.4, 0.5) is 10.1 Å². The molecule has 1 unspecified atom stereocenters. The van der Waals surface area contributed by atoms with Gasteiger partial charge in [-0.15, -0.1) is 0 Å². The highest BCUT2D eigenvalue weighted by atomic mass is 19.1. The van der Waals surface area contributed by atoms with E-state index in [4.69, 9.17) is 4.74 Å². The molecule has 4 rings (SSSR count). The third-order valence-electron chi connectivity index (χ3n) is 4.03. The van der Waals surface area contributed by atoms with Crippen LogP contribution in [-0.2, 0) is 6.54 Å². The summed E-state index contributed by atoms with van der Waals surface area (Å²) in [5.41, 5.74) is 1.95. The van der Waals surface area contributed by atoms with Crippen molar-refractivity contribution in [2.24, 2.45) is 4.99 Å². The SMILES string of the molecule is COc1ccc(NC2N=C(c3ccccc3F)Cn3ccnc32)cn1. The van der Waals surface area contributed by atoms with Gasteiger partial charge in [-0.25, -0.2) is 14.4 Å². The summed E-state index contributed by atoms with van der Waals surface area (Å²) < 4.78 is 21.2. The van der Waals surface area contributed by atoms with Gasteiger partial charge in [0.2, 0.25) is 5.88 Å². The zero-order valence-corrected chi connectivity index (χ0v) is 13.6. The Labute approximate surface area is 144 Å². The predicted molar refractivity (Wildman–Crippen MR) is 92.3 cm³/mol. The highest BCUT2D eigenvalue weighted by Gasteiger charge is 2.24. The van der Waals surface area contributed by atoms with Crippen molar-refractivity contribution >= 4 is 11.4 Å². The van der Waals surface area contributed by atoms with E-state index in [2.05, 4.69) is 20.3 Å². The summed E-state index contributed by atoms with van der Waals surface area (Å²) in [6.07, 6.45) is 4.83. The molecule has 3 heterocycles. The number of nitrogens with zero attached hydrogens (tertiary/aromatic N) is 4. The van der Waals surface area contributed by atoms with Crippen LogP contribution in [0.2, 0.25) is 0 Å². The first-order chi connectivity index (χ1) is 12.2. The number of halogens is 1. The smallest absolute Gasteiger partial charge is 0.213 e. The highest BCUT2D eigenvalue weighted by molar-refractivity contribution is 6.01. The van der Waals surface area contributed by atoms with E-state index in [1.165, 1.54) is 6.07 Å². The molecule has 25 heavy (non-hydrogen) atoms. The molecular weight excluding hydrogens is 321 g/mol. The molecule has 1 atom stereocenters. The lowest BCUT2D eigenvalue weighted by Gasteiger charge is -2.24. The van der Waals surface area contributed by atoms with Crippen molar-refractivity contribution in [3.63, 3.8) is 0 Å². The number of imidazole rings is 1. The molecule has 0 saturated carbocycles. The number of methoxy groups -OCH3 is 1. The minimum Gasteiger partial charge on any atom is -0.481 e. The van der Waals surface area contributed by atoms with Crippen LogP contribution in [0.5, 0.6) is 5.88 Å². The predicted octanol–water partition coefficient (Wildman–Crippen LogP) is 3.04. The maximum absolute atomic E-state index is 14.2. The van der Waals surface area contributed by atoms with Crippen LogP contribution in [0.3, 0.4) is 0 Å². The summed E-state index contributed by atoms with van der Waals surface area (Å²) in [6.45, 7) is 0.481. The Morgan fingerprint density at radius 2 is 2.08 bits per heavy atom. The fourth-order valence-electron chi connectivity index (χ4n) is 2.81. The van der Waals surface area contributed by atoms with Gasteiger partial charge in [-0.3, -0.25) is 4.99 Å². The number of ether oxygens (including phenoxy) is 1. The van der Waals surface area contributed by atoms with Crippen molar-refractivity contribution in [3.8, 4) is 5.88 Å². The molecule has 1 N–H and O–H groups in total. The number of pyridine rings is 1. The lowest BCUT2D eigenvalue weighted by atomic mass is 10.1. The molecule has 1 aliphatic rings. The molecule has 0 saturated heterocycles. The van der Waals surface area contributed by atoms with E-state index in [9.17, 15) is 4.39 Å². The molecule has 0 fully saturated rings. The molecule has 0 aliphatic carbocycles. The first-order valence-electron chi connectivity index (χ1n) is 7.84. The second kappa shape index (κ2) is 6.35. The number of rotatable bonds is 4. The van der Waals surface area contributed by atoms with Crippen LogP contribution in [-0.4, -0.2) is 27.4 Å². The molecule has 126 valence electrons. The largest absolute Gasteiger partial charge is 0.481 e. The van der Waals surface area contributed by atoms with Gasteiger partial charge in [-0.05, 0) is 12.1 Å². The molecule has 0 radical (unpaired) electrons. The van der Waals surface area contributed by atoms with Gasteiger partial charge in [-0.2, -0.15) is 0 Å². The highest BCUT2D eigenvalue weighted by Crippen LogP contribution is 2.26. The zero-order chi connectivity index (χ0) is 17.2. The fourth-order valence-corrected chi connectivity index (χ4v) is 2.81. The van der Waals surface area contributed by atoms with Crippen molar-refractivity contribution in [1.29, 1.82) is 0 Å². The maximum Gasteiger partial charge on any atom is 0.213 e. The molecule has 1 aliphatic heterocycles. The van der Waals surface area contributed by atoms with Gasteiger partial charge < -0.3 is 14.6 Å². The Bertz CT molecular complexity index is 919. The topological polar surface area (TPSA) is 64.3 Å². The van der Waals surface area contributed by atoms with Crippen molar-refractivity contribution in [2.75, 3.05) is 12.4 Å². The summed E-state index contributed by atoms with van der Waals surface area (Å²) in [7, 11) is 1.57. The second-order valence-corrected chi connectivity index (χ2v) is 5.61. The van der Waals surface area contributed by atoms with Gasteiger partial charge >= 0.3 is 0 Å². The lowest BCUT2D eigenvalue weighted by molar-refractivity contribution is 0.398.